The number of aromatic nitrogens is 2. The summed E-state index contributed by atoms with van der Waals surface area (Å²) >= 11 is 0. The summed E-state index contributed by atoms with van der Waals surface area (Å²) in [5.74, 6) is -0.306. The van der Waals surface area contributed by atoms with Crippen molar-refractivity contribution in [3.05, 3.63) is 51.8 Å². The van der Waals surface area contributed by atoms with E-state index in [1.165, 1.54) is 22.3 Å². The Morgan fingerprint density at radius 3 is 2.42 bits per heavy atom. The Labute approximate surface area is 144 Å². The van der Waals surface area contributed by atoms with Crippen LogP contribution >= 0.6 is 0 Å². The van der Waals surface area contributed by atoms with Crippen LogP contribution in [0.4, 0.5) is 0 Å². The van der Waals surface area contributed by atoms with Gasteiger partial charge in [0.2, 0.25) is 0 Å². The van der Waals surface area contributed by atoms with Crippen LogP contribution in [0.1, 0.15) is 71.9 Å². The lowest BCUT2D eigenvalue weighted by molar-refractivity contribution is -0.00481. The van der Waals surface area contributed by atoms with Crippen LogP contribution in [0.5, 0.6) is 0 Å². The molecule has 1 aromatic carbocycles. The Bertz CT molecular complexity index is 706. The highest BCUT2D eigenvalue weighted by molar-refractivity contribution is 5.90. The summed E-state index contributed by atoms with van der Waals surface area (Å²) in [5, 5.41) is 7.04. The van der Waals surface area contributed by atoms with E-state index in [4.69, 9.17) is 4.74 Å². The number of hydrogen-bond donors (Lipinski definition) is 1. The van der Waals surface area contributed by atoms with Crippen molar-refractivity contribution in [2.75, 3.05) is 0 Å². The molecule has 0 aliphatic rings. The number of hydrogen-bond acceptors (Lipinski definition) is 3. The van der Waals surface area contributed by atoms with E-state index in [1.807, 2.05) is 13.8 Å². The minimum atomic E-state index is -0.462. The number of aromatic amines is 1. The van der Waals surface area contributed by atoms with E-state index in [0.29, 0.717) is 12.0 Å². The molecule has 0 aliphatic heterocycles. The van der Waals surface area contributed by atoms with Crippen LogP contribution in [0.3, 0.4) is 0 Å². The Hall–Kier alpha value is -2.10. The number of benzene rings is 1. The summed E-state index contributed by atoms with van der Waals surface area (Å²) in [5.41, 5.74) is 5.81. The standard InChI is InChI=1S/C20H28N2O2/c1-7-8-20(5,6)24-19(23)17-12-21-22-18(17)11-16-14(3)9-13(2)10-15(16)4/h9-10,12H,7-8,11H2,1-6H3,(H,21,22). The zero-order chi connectivity index (χ0) is 17.9. The third-order valence-corrected chi connectivity index (χ3v) is 4.35. The minimum Gasteiger partial charge on any atom is -0.456 e. The summed E-state index contributed by atoms with van der Waals surface area (Å²) in [4.78, 5) is 12.5. The van der Waals surface area contributed by atoms with Gasteiger partial charge in [0.1, 0.15) is 11.2 Å². The van der Waals surface area contributed by atoms with Gasteiger partial charge in [0.25, 0.3) is 0 Å². The molecule has 0 fully saturated rings. The Morgan fingerprint density at radius 2 is 1.83 bits per heavy atom. The number of H-pyrrole nitrogens is 1. The molecule has 0 atom stereocenters. The van der Waals surface area contributed by atoms with Crippen molar-refractivity contribution in [3.8, 4) is 0 Å². The second-order valence-corrected chi connectivity index (χ2v) is 7.22. The van der Waals surface area contributed by atoms with Gasteiger partial charge in [-0.1, -0.05) is 31.0 Å². The third kappa shape index (κ3) is 4.25. The maximum Gasteiger partial charge on any atom is 0.342 e. The molecule has 4 nitrogen and oxygen atoms in total. The first-order valence-electron chi connectivity index (χ1n) is 8.56. The molecule has 1 aromatic heterocycles. The van der Waals surface area contributed by atoms with Crippen LogP contribution in [-0.4, -0.2) is 21.8 Å². The molecular formula is C20H28N2O2. The zero-order valence-corrected chi connectivity index (χ0v) is 15.6. The van der Waals surface area contributed by atoms with Crippen molar-refractivity contribution >= 4 is 5.97 Å². The fourth-order valence-electron chi connectivity index (χ4n) is 3.25. The Balaban J connectivity index is 2.24. The monoisotopic (exact) mass is 328 g/mol. The van der Waals surface area contributed by atoms with Crippen LogP contribution in [0, 0.1) is 20.8 Å². The van der Waals surface area contributed by atoms with E-state index < -0.39 is 5.60 Å². The number of aryl methyl sites for hydroxylation is 3. The van der Waals surface area contributed by atoms with E-state index >= 15 is 0 Å². The fraction of sp³-hybridized carbons (Fsp3) is 0.500. The highest BCUT2D eigenvalue weighted by Crippen LogP contribution is 2.23. The normalized spacial score (nSPS) is 11.6. The maximum atomic E-state index is 12.5. The summed E-state index contributed by atoms with van der Waals surface area (Å²) in [7, 11) is 0. The predicted molar refractivity (Wildman–Crippen MR) is 96.4 cm³/mol. The molecule has 2 aromatic rings. The summed E-state index contributed by atoms with van der Waals surface area (Å²) in [6.07, 6.45) is 4.03. The lowest BCUT2D eigenvalue weighted by Gasteiger charge is -2.24. The van der Waals surface area contributed by atoms with Crippen molar-refractivity contribution in [2.24, 2.45) is 0 Å². The number of nitrogens with zero attached hydrogens (tertiary/aromatic N) is 1. The lowest BCUT2D eigenvalue weighted by atomic mass is 9.95. The average Bonchev–Trinajstić information content (AvgIpc) is 2.90. The number of carbonyl (C=O) groups excluding carboxylic acids is 1. The minimum absolute atomic E-state index is 0.306. The second kappa shape index (κ2) is 7.20. The van der Waals surface area contributed by atoms with Gasteiger partial charge >= 0.3 is 5.97 Å². The molecule has 130 valence electrons. The largest absolute Gasteiger partial charge is 0.456 e. The number of carbonyl (C=O) groups is 1. The Kier molecular flexibility index (Phi) is 5.47. The molecule has 0 saturated heterocycles. The van der Waals surface area contributed by atoms with Crippen molar-refractivity contribution in [3.63, 3.8) is 0 Å². The van der Waals surface area contributed by atoms with Gasteiger partial charge in [0.15, 0.2) is 0 Å². The van der Waals surface area contributed by atoms with Crippen LogP contribution < -0.4 is 0 Å². The smallest absolute Gasteiger partial charge is 0.342 e. The van der Waals surface area contributed by atoms with Gasteiger partial charge in [-0.15, -0.1) is 0 Å². The van der Waals surface area contributed by atoms with E-state index in [-0.39, 0.29) is 5.97 Å². The number of nitrogens with one attached hydrogen (secondary N) is 1. The number of ether oxygens (including phenoxy) is 1. The molecule has 1 N–H and O–H groups in total. The molecular weight excluding hydrogens is 300 g/mol. The van der Waals surface area contributed by atoms with Gasteiger partial charge in [0.05, 0.1) is 11.9 Å². The van der Waals surface area contributed by atoms with Crippen LogP contribution in [0.2, 0.25) is 0 Å². The fourth-order valence-corrected chi connectivity index (χ4v) is 3.25. The number of rotatable bonds is 6. The second-order valence-electron chi connectivity index (χ2n) is 7.22. The zero-order valence-electron chi connectivity index (χ0n) is 15.6. The van der Waals surface area contributed by atoms with Gasteiger partial charge in [-0.25, -0.2) is 4.79 Å². The summed E-state index contributed by atoms with van der Waals surface area (Å²) in [6.45, 7) is 12.3. The molecule has 0 radical (unpaired) electrons. The van der Waals surface area contributed by atoms with E-state index in [9.17, 15) is 4.79 Å². The third-order valence-electron chi connectivity index (χ3n) is 4.35. The molecule has 0 saturated carbocycles. The highest BCUT2D eigenvalue weighted by atomic mass is 16.6. The van der Waals surface area contributed by atoms with Gasteiger partial charge in [-0.05, 0) is 57.7 Å². The highest BCUT2D eigenvalue weighted by Gasteiger charge is 2.25. The van der Waals surface area contributed by atoms with Gasteiger partial charge in [-0.3, -0.25) is 5.10 Å². The molecule has 0 unspecified atom stereocenters. The van der Waals surface area contributed by atoms with E-state index in [1.54, 1.807) is 6.20 Å². The van der Waals surface area contributed by atoms with Crippen LogP contribution in [-0.2, 0) is 11.2 Å². The Morgan fingerprint density at radius 1 is 1.21 bits per heavy atom. The first-order valence-corrected chi connectivity index (χ1v) is 8.56. The molecule has 0 bridgehead atoms. The summed E-state index contributed by atoms with van der Waals surface area (Å²) in [6, 6.07) is 4.34. The van der Waals surface area contributed by atoms with Crippen molar-refractivity contribution < 1.29 is 9.53 Å². The predicted octanol–water partition coefficient (Wildman–Crippen LogP) is 4.66. The van der Waals surface area contributed by atoms with Crippen LogP contribution in [0.15, 0.2) is 18.3 Å². The lowest BCUT2D eigenvalue weighted by Crippen LogP contribution is -2.28. The number of esters is 1. The molecule has 0 aliphatic carbocycles. The van der Waals surface area contributed by atoms with Crippen LogP contribution in [0.25, 0.3) is 0 Å². The molecule has 2 rings (SSSR count). The van der Waals surface area contributed by atoms with Gasteiger partial charge in [0, 0.05) is 6.42 Å². The van der Waals surface area contributed by atoms with Crippen molar-refractivity contribution in [1.29, 1.82) is 0 Å². The molecule has 1 heterocycles. The first-order chi connectivity index (χ1) is 11.2. The van der Waals surface area contributed by atoms with Crippen molar-refractivity contribution in [1.82, 2.24) is 10.2 Å². The van der Waals surface area contributed by atoms with E-state index in [0.717, 1.165) is 18.5 Å². The quantitative estimate of drug-likeness (QED) is 0.785. The molecule has 4 heteroatoms. The topological polar surface area (TPSA) is 55.0 Å². The summed E-state index contributed by atoms with van der Waals surface area (Å²) < 4.78 is 5.68. The SMILES string of the molecule is CCCC(C)(C)OC(=O)c1cn[nH]c1Cc1c(C)cc(C)cc1C. The average molecular weight is 328 g/mol. The molecule has 0 amide bonds. The van der Waals surface area contributed by atoms with E-state index in [2.05, 4.69) is 50.0 Å². The maximum absolute atomic E-state index is 12.5. The first kappa shape index (κ1) is 18.2. The van der Waals surface area contributed by atoms with Gasteiger partial charge in [-0.2, -0.15) is 5.10 Å². The molecule has 24 heavy (non-hydrogen) atoms. The molecule has 0 spiro atoms. The van der Waals surface area contributed by atoms with Gasteiger partial charge < -0.3 is 4.74 Å². The van der Waals surface area contributed by atoms with Crippen molar-refractivity contribution in [2.45, 2.75) is 66.4 Å².